The minimum Gasteiger partial charge on any atom is -0.500 e. The van der Waals surface area contributed by atoms with E-state index in [2.05, 4.69) is 105 Å². The predicted octanol–water partition coefficient (Wildman–Crippen LogP) is 11.2. The molecule has 0 atom stereocenters. The summed E-state index contributed by atoms with van der Waals surface area (Å²) >= 11 is 0. The molecule has 0 saturated heterocycles. The molecule has 46 heavy (non-hydrogen) atoms. The molecule has 3 aromatic heterocycles. The molecule has 8 rings (SSSR count). The molecule has 0 bridgehead atoms. The number of benzene rings is 5. The van der Waals surface area contributed by atoms with Crippen LogP contribution in [0, 0.1) is 24.5 Å². The van der Waals surface area contributed by atoms with Crippen LogP contribution in [0.4, 0.5) is 0 Å². The Bertz CT molecular complexity index is 2250. The Morgan fingerprint density at radius 3 is 2.22 bits per heavy atom. The van der Waals surface area contributed by atoms with E-state index in [1.807, 2.05) is 54.7 Å². The Kier molecular flexibility index (Phi) is 8.86. The van der Waals surface area contributed by atoms with Crippen LogP contribution in [0.1, 0.15) is 31.9 Å². The first-order chi connectivity index (χ1) is 21.9. The molecule has 229 valence electrons. The van der Waals surface area contributed by atoms with Crippen molar-refractivity contribution in [1.82, 2.24) is 9.97 Å². The molecule has 0 saturated carbocycles. The molecule has 1 radical (unpaired) electrons. The van der Waals surface area contributed by atoms with Crippen molar-refractivity contribution in [2.45, 2.75) is 34.1 Å². The summed E-state index contributed by atoms with van der Waals surface area (Å²) in [5.74, 6) is 0. The van der Waals surface area contributed by atoms with Crippen LogP contribution in [-0.4, -0.2) is 9.97 Å². The second-order valence-corrected chi connectivity index (χ2v) is 12.7. The molecule has 0 unspecified atom stereocenters. The fourth-order valence-electron chi connectivity index (χ4n) is 6.02. The molecular formula is C42H34IrN2O-2. The van der Waals surface area contributed by atoms with Gasteiger partial charge in [0.2, 0.25) is 0 Å². The number of rotatable bonds is 3. The van der Waals surface area contributed by atoms with Gasteiger partial charge in [-0.25, -0.2) is 0 Å². The van der Waals surface area contributed by atoms with Crippen LogP contribution in [-0.2, 0) is 26.5 Å². The van der Waals surface area contributed by atoms with Gasteiger partial charge < -0.3 is 14.4 Å². The summed E-state index contributed by atoms with van der Waals surface area (Å²) in [5, 5.41) is 7.02. The van der Waals surface area contributed by atoms with E-state index in [0.717, 1.165) is 56.3 Å². The van der Waals surface area contributed by atoms with Crippen molar-refractivity contribution in [2.24, 2.45) is 5.41 Å². The Morgan fingerprint density at radius 1 is 0.674 bits per heavy atom. The number of hydrogen-bond acceptors (Lipinski definition) is 3. The summed E-state index contributed by atoms with van der Waals surface area (Å²) in [6, 6.07) is 43.8. The number of hydrogen-bond donors (Lipinski definition) is 0. The van der Waals surface area contributed by atoms with Gasteiger partial charge in [-0.1, -0.05) is 104 Å². The zero-order valence-corrected chi connectivity index (χ0v) is 28.8. The number of nitrogens with zero attached hydrogens (tertiary/aromatic N) is 2. The zero-order valence-electron chi connectivity index (χ0n) is 26.4. The molecule has 0 N–H and O–H groups in total. The first kappa shape index (κ1) is 31.4. The standard InChI is InChI=1S/C31H26NO.C11H8N.Ir/c1-19-18-32-27(16-22(19)17-31(2,3)4)26-11-7-10-24-25-15-14-21-13-12-20-8-5-6-9-23(20)28(21)30(25)33-29(24)26;1-2-6-10(7-3-1)11-8-4-5-9-12-11;/h5-10,12-16,18H,17H2,1-4H3;1-6,8-9H;/q2*-1;. The van der Waals surface area contributed by atoms with Crippen LogP contribution in [0.5, 0.6) is 0 Å². The van der Waals surface area contributed by atoms with Gasteiger partial charge in [0.25, 0.3) is 0 Å². The molecule has 5 aromatic carbocycles. The minimum absolute atomic E-state index is 0. The molecular weight excluding hydrogens is 741 g/mol. The molecule has 0 spiro atoms. The number of aromatic nitrogens is 2. The van der Waals surface area contributed by atoms with Crippen molar-refractivity contribution in [1.29, 1.82) is 0 Å². The van der Waals surface area contributed by atoms with Crippen LogP contribution in [0.2, 0.25) is 0 Å². The van der Waals surface area contributed by atoms with Gasteiger partial charge >= 0.3 is 0 Å². The molecule has 0 amide bonds. The number of aryl methyl sites for hydroxylation is 1. The normalized spacial score (nSPS) is 11.4. The number of pyridine rings is 2. The summed E-state index contributed by atoms with van der Waals surface area (Å²) in [6.45, 7) is 8.96. The average molecular weight is 775 g/mol. The number of fused-ring (bicyclic) bond motifs is 7. The van der Waals surface area contributed by atoms with Crippen molar-refractivity contribution < 1.29 is 24.5 Å². The minimum atomic E-state index is 0. The Hall–Kier alpha value is -4.63. The molecule has 0 aliphatic heterocycles. The first-order valence-electron chi connectivity index (χ1n) is 15.4. The summed E-state index contributed by atoms with van der Waals surface area (Å²) in [6.07, 6.45) is 4.77. The fraction of sp³-hybridized carbons (Fsp3) is 0.143. The maximum absolute atomic E-state index is 6.66. The van der Waals surface area contributed by atoms with Gasteiger partial charge in [-0.05, 0) is 57.9 Å². The van der Waals surface area contributed by atoms with Gasteiger partial charge in [0.1, 0.15) is 5.58 Å². The summed E-state index contributed by atoms with van der Waals surface area (Å²) < 4.78 is 6.66. The first-order valence-corrected chi connectivity index (χ1v) is 15.4. The molecule has 0 aliphatic rings. The average Bonchev–Trinajstić information content (AvgIpc) is 3.45. The molecule has 3 nitrogen and oxygen atoms in total. The van der Waals surface area contributed by atoms with Gasteiger partial charge in [-0.3, -0.25) is 0 Å². The molecule has 3 heterocycles. The van der Waals surface area contributed by atoms with Gasteiger partial charge in [0, 0.05) is 43.3 Å². The van der Waals surface area contributed by atoms with Crippen molar-refractivity contribution in [3.05, 3.63) is 145 Å². The van der Waals surface area contributed by atoms with Crippen molar-refractivity contribution in [3.8, 4) is 22.5 Å². The van der Waals surface area contributed by atoms with E-state index in [1.165, 1.54) is 27.3 Å². The largest absolute Gasteiger partial charge is 0.500 e. The topological polar surface area (TPSA) is 38.9 Å². The van der Waals surface area contributed by atoms with E-state index in [0.29, 0.717) is 0 Å². The van der Waals surface area contributed by atoms with Crippen LogP contribution in [0.15, 0.2) is 126 Å². The molecule has 8 aromatic rings. The van der Waals surface area contributed by atoms with Crippen molar-refractivity contribution in [2.75, 3.05) is 0 Å². The van der Waals surface area contributed by atoms with Gasteiger partial charge in [0.05, 0.1) is 5.58 Å². The fourth-order valence-corrected chi connectivity index (χ4v) is 6.02. The van der Waals surface area contributed by atoms with Crippen LogP contribution < -0.4 is 0 Å². The monoisotopic (exact) mass is 775 g/mol. The molecule has 0 aliphatic carbocycles. The quantitative estimate of drug-likeness (QED) is 0.133. The van der Waals surface area contributed by atoms with Crippen molar-refractivity contribution >= 4 is 43.5 Å². The van der Waals surface area contributed by atoms with Crippen LogP contribution in [0.25, 0.3) is 66.0 Å². The van der Waals surface area contributed by atoms with Gasteiger partial charge in [-0.15, -0.1) is 54.1 Å². The summed E-state index contributed by atoms with van der Waals surface area (Å²) in [4.78, 5) is 9.00. The predicted molar refractivity (Wildman–Crippen MR) is 187 cm³/mol. The third-order valence-corrected chi connectivity index (χ3v) is 8.15. The van der Waals surface area contributed by atoms with E-state index >= 15 is 0 Å². The number of furan rings is 1. The SMILES string of the molecule is Cc1cnc(-c2[c-]ccc3c2oc2c3ccc3ccc4ccccc4c32)cc1CC(C)(C)C.[Ir].[c-]1ccccc1-c1ccccn1. The van der Waals surface area contributed by atoms with E-state index in [4.69, 9.17) is 9.40 Å². The Balaban J connectivity index is 0.000000241. The van der Waals surface area contributed by atoms with E-state index in [1.54, 1.807) is 6.20 Å². The molecule has 0 fully saturated rings. The third-order valence-electron chi connectivity index (χ3n) is 8.15. The summed E-state index contributed by atoms with van der Waals surface area (Å²) in [5.41, 5.74) is 8.39. The maximum atomic E-state index is 6.66. The smallest absolute Gasteiger partial charge is 0.129 e. The Morgan fingerprint density at radius 2 is 1.43 bits per heavy atom. The van der Waals surface area contributed by atoms with E-state index in [9.17, 15) is 0 Å². The third kappa shape index (κ3) is 6.24. The molecule has 4 heteroatoms. The summed E-state index contributed by atoms with van der Waals surface area (Å²) in [7, 11) is 0. The van der Waals surface area contributed by atoms with E-state index < -0.39 is 0 Å². The van der Waals surface area contributed by atoms with Crippen LogP contribution in [0.3, 0.4) is 0 Å². The maximum Gasteiger partial charge on any atom is 0.129 e. The zero-order chi connectivity index (χ0) is 31.0. The van der Waals surface area contributed by atoms with Gasteiger partial charge in [-0.2, -0.15) is 0 Å². The Labute approximate surface area is 283 Å². The second-order valence-electron chi connectivity index (χ2n) is 12.7. The van der Waals surface area contributed by atoms with E-state index in [-0.39, 0.29) is 25.5 Å². The van der Waals surface area contributed by atoms with Gasteiger partial charge in [0.15, 0.2) is 0 Å². The van der Waals surface area contributed by atoms with Crippen LogP contribution >= 0.6 is 0 Å². The van der Waals surface area contributed by atoms with Crippen molar-refractivity contribution in [3.63, 3.8) is 0 Å². The second kappa shape index (κ2) is 13.0.